The molecule has 1 N–H and O–H groups in total. The minimum absolute atomic E-state index is 0.573. The molecule has 0 aromatic heterocycles. The number of nitrogens with zero attached hydrogens (tertiary/aromatic N) is 1. The van der Waals surface area contributed by atoms with E-state index in [4.69, 9.17) is 4.74 Å². The number of fused-ring (bicyclic) bond motifs is 1. The van der Waals surface area contributed by atoms with Gasteiger partial charge in [0, 0.05) is 25.2 Å². The fourth-order valence-corrected chi connectivity index (χ4v) is 3.85. The molecule has 0 radical (unpaired) electrons. The number of nitrogens with one attached hydrogen (secondary N) is 1. The first-order valence-electron chi connectivity index (χ1n) is 7.52. The van der Waals surface area contributed by atoms with Crippen molar-refractivity contribution in [2.75, 3.05) is 26.2 Å². The van der Waals surface area contributed by atoms with E-state index in [9.17, 15) is 0 Å². The smallest absolute Gasteiger partial charge is 0.0594 e. The molecule has 2 aliphatic heterocycles. The van der Waals surface area contributed by atoms with Crippen LogP contribution < -0.4 is 5.32 Å². The molecule has 1 aliphatic carbocycles. The molecule has 3 heteroatoms. The number of hydrogen-bond acceptors (Lipinski definition) is 3. The van der Waals surface area contributed by atoms with E-state index in [1.165, 1.54) is 58.0 Å². The third-order valence-corrected chi connectivity index (χ3v) is 4.77. The van der Waals surface area contributed by atoms with Crippen molar-refractivity contribution in [1.82, 2.24) is 10.2 Å². The zero-order chi connectivity index (χ0) is 11.5. The van der Waals surface area contributed by atoms with Gasteiger partial charge in [-0.15, -0.1) is 0 Å². The van der Waals surface area contributed by atoms with Gasteiger partial charge in [0.2, 0.25) is 0 Å². The summed E-state index contributed by atoms with van der Waals surface area (Å²) >= 11 is 0. The van der Waals surface area contributed by atoms with Gasteiger partial charge in [0.25, 0.3) is 0 Å². The highest BCUT2D eigenvalue weighted by Crippen LogP contribution is 2.27. The quantitative estimate of drug-likeness (QED) is 0.739. The van der Waals surface area contributed by atoms with E-state index in [0.717, 1.165) is 25.2 Å². The second-order valence-corrected chi connectivity index (χ2v) is 5.87. The van der Waals surface area contributed by atoms with Crippen molar-refractivity contribution < 1.29 is 4.74 Å². The van der Waals surface area contributed by atoms with Crippen molar-refractivity contribution in [1.29, 1.82) is 0 Å². The molecule has 98 valence electrons. The molecule has 0 aromatic carbocycles. The summed E-state index contributed by atoms with van der Waals surface area (Å²) in [6, 6.07) is 1.58. The minimum Gasteiger partial charge on any atom is -0.377 e. The van der Waals surface area contributed by atoms with Crippen molar-refractivity contribution in [3.8, 4) is 0 Å². The van der Waals surface area contributed by atoms with Crippen molar-refractivity contribution in [3.05, 3.63) is 0 Å². The van der Waals surface area contributed by atoms with Gasteiger partial charge in [-0.3, -0.25) is 4.90 Å². The summed E-state index contributed by atoms with van der Waals surface area (Å²) in [7, 11) is 0. The maximum atomic E-state index is 5.90. The van der Waals surface area contributed by atoms with Crippen LogP contribution in [0.25, 0.3) is 0 Å². The topological polar surface area (TPSA) is 24.5 Å². The Morgan fingerprint density at radius 1 is 1.00 bits per heavy atom. The van der Waals surface area contributed by atoms with Crippen LogP contribution in [0.15, 0.2) is 0 Å². The Morgan fingerprint density at radius 3 is 2.76 bits per heavy atom. The lowest BCUT2D eigenvalue weighted by Gasteiger charge is -2.21. The highest BCUT2D eigenvalue weighted by atomic mass is 16.5. The number of rotatable bonds is 5. The molecule has 1 saturated carbocycles. The highest BCUT2D eigenvalue weighted by Gasteiger charge is 2.36. The Kier molecular flexibility index (Phi) is 3.99. The summed E-state index contributed by atoms with van der Waals surface area (Å²) in [5, 5.41) is 3.71. The molecule has 0 spiro atoms. The lowest BCUT2D eigenvalue weighted by atomic mass is 10.1. The lowest BCUT2D eigenvalue weighted by Crippen LogP contribution is -2.40. The van der Waals surface area contributed by atoms with Gasteiger partial charge in [-0.1, -0.05) is 12.8 Å². The van der Waals surface area contributed by atoms with Crippen LogP contribution in [0, 0.1) is 0 Å². The summed E-state index contributed by atoms with van der Waals surface area (Å²) in [6.07, 6.45) is 10.1. The molecule has 2 unspecified atom stereocenters. The molecule has 0 aromatic rings. The Morgan fingerprint density at radius 2 is 1.88 bits per heavy atom. The van der Waals surface area contributed by atoms with Gasteiger partial charge in [-0.25, -0.2) is 0 Å². The van der Waals surface area contributed by atoms with E-state index in [1.807, 2.05) is 0 Å². The van der Waals surface area contributed by atoms with Gasteiger partial charge in [0.15, 0.2) is 0 Å². The Labute approximate surface area is 105 Å². The van der Waals surface area contributed by atoms with Gasteiger partial charge < -0.3 is 10.1 Å². The van der Waals surface area contributed by atoms with Gasteiger partial charge >= 0.3 is 0 Å². The Hall–Kier alpha value is -0.120. The van der Waals surface area contributed by atoms with E-state index in [2.05, 4.69) is 10.2 Å². The third-order valence-electron chi connectivity index (χ3n) is 4.77. The molecule has 3 aliphatic rings. The van der Waals surface area contributed by atoms with E-state index in [1.54, 1.807) is 0 Å². The second-order valence-electron chi connectivity index (χ2n) is 5.87. The molecule has 17 heavy (non-hydrogen) atoms. The maximum Gasteiger partial charge on any atom is 0.0594 e. The summed E-state index contributed by atoms with van der Waals surface area (Å²) in [4.78, 5) is 2.66. The van der Waals surface area contributed by atoms with Gasteiger partial charge in [-0.2, -0.15) is 0 Å². The van der Waals surface area contributed by atoms with E-state index < -0.39 is 0 Å². The van der Waals surface area contributed by atoms with Gasteiger partial charge in [0.1, 0.15) is 0 Å². The normalized spacial score (nSPS) is 34.6. The van der Waals surface area contributed by atoms with Crippen molar-refractivity contribution in [2.24, 2.45) is 0 Å². The molecule has 2 saturated heterocycles. The Bertz CT molecular complexity index is 240. The first-order chi connectivity index (χ1) is 8.43. The second kappa shape index (κ2) is 5.68. The predicted molar refractivity (Wildman–Crippen MR) is 69.2 cm³/mol. The fourth-order valence-electron chi connectivity index (χ4n) is 3.85. The maximum absolute atomic E-state index is 5.90. The average Bonchev–Trinajstić information content (AvgIpc) is 3.03. The van der Waals surface area contributed by atoms with Crippen LogP contribution in [0.2, 0.25) is 0 Å². The summed E-state index contributed by atoms with van der Waals surface area (Å²) in [5.41, 5.74) is 0. The van der Waals surface area contributed by atoms with Crippen LogP contribution in [0.5, 0.6) is 0 Å². The van der Waals surface area contributed by atoms with Crippen molar-refractivity contribution in [2.45, 2.75) is 63.1 Å². The summed E-state index contributed by atoms with van der Waals surface area (Å²) < 4.78 is 5.90. The fraction of sp³-hybridized carbons (Fsp3) is 1.00. The molecular weight excluding hydrogens is 212 g/mol. The first-order valence-corrected chi connectivity index (χ1v) is 7.52. The first kappa shape index (κ1) is 11.9. The lowest BCUT2D eigenvalue weighted by molar-refractivity contribution is 0.0586. The van der Waals surface area contributed by atoms with E-state index in [-0.39, 0.29) is 0 Å². The van der Waals surface area contributed by atoms with Crippen molar-refractivity contribution in [3.63, 3.8) is 0 Å². The highest BCUT2D eigenvalue weighted by molar-refractivity contribution is 4.95. The Balaban J connectivity index is 1.31. The minimum atomic E-state index is 0.573. The molecule has 3 fully saturated rings. The zero-order valence-corrected chi connectivity index (χ0v) is 10.9. The molecule has 3 rings (SSSR count). The molecular formula is C14H26N2O. The molecule has 0 bridgehead atoms. The van der Waals surface area contributed by atoms with Gasteiger partial charge in [-0.05, 0) is 38.6 Å². The molecule has 3 nitrogen and oxygen atoms in total. The third kappa shape index (κ3) is 2.83. The van der Waals surface area contributed by atoms with Crippen LogP contribution >= 0.6 is 0 Å². The summed E-state index contributed by atoms with van der Waals surface area (Å²) in [5.74, 6) is 0. The molecule has 2 atom stereocenters. The van der Waals surface area contributed by atoms with E-state index in [0.29, 0.717) is 6.10 Å². The SMILES string of the molecule is C1CCC(OCCNC2CCN3CCCC23)C1. The summed E-state index contributed by atoms with van der Waals surface area (Å²) in [6.45, 7) is 4.60. The van der Waals surface area contributed by atoms with Crippen LogP contribution in [-0.2, 0) is 4.74 Å². The van der Waals surface area contributed by atoms with Crippen LogP contribution in [-0.4, -0.2) is 49.3 Å². The zero-order valence-electron chi connectivity index (χ0n) is 10.9. The van der Waals surface area contributed by atoms with Gasteiger partial charge in [0.05, 0.1) is 12.7 Å². The van der Waals surface area contributed by atoms with Crippen LogP contribution in [0.3, 0.4) is 0 Å². The molecule has 2 heterocycles. The molecule has 0 amide bonds. The van der Waals surface area contributed by atoms with Crippen LogP contribution in [0.4, 0.5) is 0 Å². The van der Waals surface area contributed by atoms with Crippen LogP contribution in [0.1, 0.15) is 44.9 Å². The van der Waals surface area contributed by atoms with Crippen molar-refractivity contribution >= 4 is 0 Å². The average molecular weight is 238 g/mol. The predicted octanol–water partition coefficient (Wildman–Crippen LogP) is 1.77. The number of ether oxygens (including phenoxy) is 1. The number of hydrogen-bond donors (Lipinski definition) is 1. The largest absolute Gasteiger partial charge is 0.377 e. The van der Waals surface area contributed by atoms with E-state index >= 15 is 0 Å². The standard InChI is InChI=1S/C14H26N2O/c1-2-5-12(4-1)17-11-8-15-13-7-10-16-9-3-6-14(13)16/h12-15H,1-11H2. The monoisotopic (exact) mass is 238 g/mol.